The molecule has 0 fully saturated rings. The summed E-state index contributed by atoms with van der Waals surface area (Å²) in [5, 5.41) is 12.5. The molecule has 1 atom stereocenters. The van der Waals surface area contributed by atoms with E-state index < -0.39 is 11.5 Å². The molecule has 0 spiro atoms. The lowest BCUT2D eigenvalue weighted by atomic mass is 9.89. The molecule has 0 saturated carbocycles. The first-order chi connectivity index (χ1) is 13.2. The van der Waals surface area contributed by atoms with Crippen LogP contribution in [0.15, 0.2) is 48.7 Å². The van der Waals surface area contributed by atoms with Gasteiger partial charge in [0.25, 0.3) is 0 Å². The fraction of sp³-hybridized carbons (Fsp3) is 0.304. The molecule has 0 amide bonds. The van der Waals surface area contributed by atoms with Gasteiger partial charge in [-0.15, -0.1) is 0 Å². The summed E-state index contributed by atoms with van der Waals surface area (Å²) in [6, 6.07) is 13.3. The fourth-order valence-electron chi connectivity index (χ4n) is 3.18. The van der Waals surface area contributed by atoms with E-state index in [1.165, 1.54) is 0 Å². The summed E-state index contributed by atoms with van der Waals surface area (Å²) in [4.78, 5) is 16.6. The van der Waals surface area contributed by atoms with Gasteiger partial charge in [-0.3, -0.25) is 9.78 Å². The molecule has 0 aliphatic rings. The van der Waals surface area contributed by atoms with Crippen LogP contribution < -0.4 is 0 Å². The second-order valence-electron chi connectivity index (χ2n) is 7.92. The van der Waals surface area contributed by atoms with Gasteiger partial charge in [-0.05, 0) is 74.2 Å². The third-order valence-corrected chi connectivity index (χ3v) is 4.86. The van der Waals surface area contributed by atoms with Gasteiger partial charge in [-0.1, -0.05) is 29.8 Å². The Bertz CT molecular complexity index is 1010. The first kappa shape index (κ1) is 20.3. The molecule has 0 bridgehead atoms. The molecule has 1 N–H and O–H groups in total. The summed E-state index contributed by atoms with van der Waals surface area (Å²) in [5.74, 6) is -0.347. The lowest BCUT2D eigenvalue weighted by Crippen LogP contribution is -2.25. The van der Waals surface area contributed by atoms with Crippen LogP contribution in [0.25, 0.3) is 22.0 Å². The number of hydrogen-bond acceptors (Lipinski definition) is 4. The Kier molecular flexibility index (Phi) is 5.73. The van der Waals surface area contributed by atoms with Crippen molar-refractivity contribution in [3.8, 4) is 11.1 Å². The average molecular weight is 398 g/mol. The molecule has 0 unspecified atom stereocenters. The highest BCUT2D eigenvalue weighted by atomic mass is 35.5. The minimum absolute atomic E-state index is 0.108. The van der Waals surface area contributed by atoms with E-state index >= 15 is 0 Å². The molecular weight excluding hydrogens is 374 g/mol. The normalized spacial score (nSPS) is 12.8. The van der Waals surface area contributed by atoms with Crippen LogP contribution in [0, 0.1) is 12.3 Å². The highest BCUT2D eigenvalue weighted by Gasteiger charge is 2.26. The van der Waals surface area contributed by atoms with Crippen molar-refractivity contribution >= 4 is 28.5 Å². The molecule has 2 aromatic carbocycles. The third kappa shape index (κ3) is 4.18. The Balaban J connectivity index is 2.10. The van der Waals surface area contributed by atoms with E-state index in [1.54, 1.807) is 27.0 Å². The Morgan fingerprint density at radius 2 is 1.89 bits per heavy atom. The lowest BCUT2D eigenvalue weighted by Gasteiger charge is -2.22. The number of aliphatic hydroxyl groups is 1. The summed E-state index contributed by atoms with van der Waals surface area (Å²) in [6.45, 7) is 7.18. The van der Waals surface area contributed by atoms with Crippen LogP contribution in [-0.2, 0) is 9.53 Å². The van der Waals surface area contributed by atoms with E-state index in [1.807, 2.05) is 49.4 Å². The molecule has 0 saturated heterocycles. The van der Waals surface area contributed by atoms with Crippen LogP contribution in [0.4, 0.5) is 0 Å². The largest absolute Gasteiger partial charge is 0.462 e. The van der Waals surface area contributed by atoms with Gasteiger partial charge in [0.1, 0.15) is 12.7 Å². The second-order valence-corrected chi connectivity index (χ2v) is 8.36. The van der Waals surface area contributed by atoms with E-state index in [9.17, 15) is 9.90 Å². The number of nitrogens with zero attached hydrogens (tertiary/aromatic N) is 1. The van der Waals surface area contributed by atoms with Crippen LogP contribution in [0.5, 0.6) is 0 Å². The summed E-state index contributed by atoms with van der Waals surface area (Å²) in [7, 11) is 0. The van der Waals surface area contributed by atoms with Crippen molar-refractivity contribution in [3.05, 3.63) is 64.8 Å². The molecule has 3 aromatic rings. The zero-order valence-electron chi connectivity index (χ0n) is 16.5. The first-order valence-corrected chi connectivity index (χ1v) is 9.55. The van der Waals surface area contributed by atoms with Gasteiger partial charge in [-0.2, -0.15) is 0 Å². The minimum Gasteiger partial charge on any atom is -0.462 e. The van der Waals surface area contributed by atoms with E-state index in [4.69, 9.17) is 16.3 Å². The number of benzene rings is 2. The van der Waals surface area contributed by atoms with E-state index in [0.29, 0.717) is 5.02 Å². The first-order valence-electron chi connectivity index (χ1n) is 9.18. The van der Waals surface area contributed by atoms with E-state index in [-0.39, 0.29) is 12.6 Å². The quantitative estimate of drug-likeness (QED) is 0.591. The van der Waals surface area contributed by atoms with Crippen molar-refractivity contribution in [1.82, 2.24) is 4.98 Å². The van der Waals surface area contributed by atoms with Gasteiger partial charge < -0.3 is 9.84 Å². The molecule has 146 valence electrons. The number of rotatable bonds is 4. The second kappa shape index (κ2) is 7.90. The van der Waals surface area contributed by atoms with Crippen LogP contribution in [0.3, 0.4) is 0 Å². The predicted molar refractivity (Wildman–Crippen MR) is 112 cm³/mol. The molecule has 4 nitrogen and oxygen atoms in total. The Labute approximate surface area is 170 Å². The number of halogens is 1. The Morgan fingerprint density at radius 3 is 2.54 bits per heavy atom. The number of hydrogen-bond donors (Lipinski definition) is 1. The average Bonchev–Trinajstić information content (AvgIpc) is 2.64. The van der Waals surface area contributed by atoms with Gasteiger partial charge in [0.15, 0.2) is 0 Å². The fourth-order valence-corrected chi connectivity index (χ4v) is 3.31. The van der Waals surface area contributed by atoms with Crippen molar-refractivity contribution in [1.29, 1.82) is 0 Å². The Hall–Kier alpha value is -2.43. The number of fused-ring (bicyclic) bond motifs is 1. The van der Waals surface area contributed by atoms with Gasteiger partial charge in [0.05, 0.1) is 10.9 Å². The van der Waals surface area contributed by atoms with Crippen LogP contribution >= 0.6 is 11.6 Å². The lowest BCUT2D eigenvalue weighted by molar-refractivity contribution is -0.156. The maximum Gasteiger partial charge on any atom is 0.311 e. The van der Waals surface area contributed by atoms with Crippen molar-refractivity contribution in [3.63, 3.8) is 0 Å². The monoisotopic (exact) mass is 397 g/mol. The number of aromatic nitrogens is 1. The number of aryl methyl sites for hydroxylation is 1. The zero-order chi connectivity index (χ0) is 20.5. The van der Waals surface area contributed by atoms with Gasteiger partial charge in [0.2, 0.25) is 0 Å². The van der Waals surface area contributed by atoms with E-state index in [0.717, 1.165) is 33.2 Å². The predicted octanol–water partition coefficient (Wildman–Crippen LogP) is 5.49. The summed E-state index contributed by atoms with van der Waals surface area (Å²) >= 11 is 6.06. The molecule has 5 heteroatoms. The van der Waals surface area contributed by atoms with Crippen molar-refractivity contribution in [2.24, 2.45) is 5.41 Å². The summed E-state index contributed by atoms with van der Waals surface area (Å²) < 4.78 is 5.37. The number of carbonyl (C=O) groups is 1. The van der Waals surface area contributed by atoms with Crippen LogP contribution in [0.1, 0.15) is 38.0 Å². The molecule has 28 heavy (non-hydrogen) atoms. The SMILES string of the molecule is Cc1cc2ncccc2c(-c2ccc(Cl)cc2)c1[C@H](O)COC(=O)C(C)(C)C. The molecule has 0 aliphatic carbocycles. The molecule has 1 heterocycles. The maximum atomic E-state index is 12.1. The number of pyridine rings is 1. The molecule has 3 rings (SSSR count). The van der Waals surface area contributed by atoms with Crippen molar-refractivity contribution in [2.75, 3.05) is 6.61 Å². The highest BCUT2D eigenvalue weighted by molar-refractivity contribution is 6.30. The third-order valence-electron chi connectivity index (χ3n) is 4.61. The summed E-state index contributed by atoms with van der Waals surface area (Å²) in [6.07, 6.45) is 0.788. The number of ether oxygens (including phenoxy) is 1. The standard InChI is InChI=1S/C23H24ClNO3/c1-14-12-18-17(6-5-11-25-18)21(15-7-9-16(24)10-8-15)20(14)19(26)13-28-22(27)23(2,3)4/h5-12,19,26H,13H2,1-4H3/t19-/m1/s1. The van der Waals surface area contributed by atoms with Crippen LogP contribution in [0.2, 0.25) is 5.02 Å². The maximum absolute atomic E-state index is 12.1. The summed E-state index contributed by atoms with van der Waals surface area (Å²) in [5.41, 5.74) is 3.62. The number of carbonyl (C=O) groups excluding carboxylic acids is 1. The molecule has 1 aromatic heterocycles. The van der Waals surface area contributed by atoms with Gasteiger partial charge in [-0.25, -0.2) is 0 Å². The highest BCUT2D eigenvalue weighted by Crippen LogP contribution is 2.38. The molecule has 0 radical (unpaired) electrons. The van der Waals surface area contributed by atoms with Gasteiger partial charge in [0, 0.05) is 16.6 Å². The van der Waals surface area contributed by atoms with E-state index in [2.05, 4.69) is 4.98 Å². The smallest absolute Gasteiger partial charge is 0.311 e. The van der Waals surface area contributed by atoms with Crippen LogP contribution in [-0.4, -0.2) is 22.7 Å². The molecular formula is C23H24ClNO3. The van der Waals surface area contributed by atoms with Gasteiger partial charge >= 0.3 is 5.97 Å². The number of esters is 1. The van der Waals surface area contributed by atoms with Crippen molar-refractivity contribution < 1.29 is 14.6 Å². The zero-order valence-corrected chi connectivity index (χ0v) is 17.2. The topological polar surface area (TPSA) is 59.4 Å². The number of aliphatic hydroxyl groups excluding tert-OH is 1. The Morgan fingerprint density at radius 1 is 1.21 bits per heavy atom. The molecule has 0 aliphatic heterocycles. The minimum atomic E-state index is -0.957. The van der Waals surface area contributed by atoms with Crippen molar-refractivity contribution in [2.45, 2.75) is 33.8 Å².